The molecular formula is C13H18Br2N2. The van der Waals surface area contributed by atoms with Crippen LogP contribution in [0.1, 0.15) is 13.3 Å². The largest absolute Gasteiger partial charge is 0.370 e. The number of anilines is 1. The molecule has 2 atom stereocenters. The van der Waals surface area contributed by atoms with Crippen molar-refractivity contribution in [1.82, 2.24) is 5.32 Å². The van der Waals surface area contributed by atoms with E-state index < -0.39 is 0 Å². The van der Waals surface area contributed by atoms with Gasteiger partial charge in [0.1, 0.15) is 0 Å². The molecule has 0 amide bonds. The van der Waals surface area contributed by atoms with E-state index in [2.05, 4.69) is 74.2 Å². The average Bonchev–Trinajstić information content (AvgIpc) is 2.32. The van der Waals surface area contributed by atoms with Gasteiger partial charge in [-0.15, -0.1) is 0 Å². The maximum Gasteiger partial charge on any atom is 0.0522 e. The highest BCUT2D eigenvalue weighted by Crippen LogP contribution is 2.32. The van der Waals surface area contributed by atoms with Crippen molar-refractivity contribution in [1.29, 1.82) is 0 Å². The smallest absolute Gasteiger partial charge is 0.0522 e. The first-order valence-electron chi connectivity index (χ1n) is 5.99. The van der Waals surface area contributed by atoms with E-state index in [0.29, 0.717) is 12.0 Å². The van der Waals surface area contributed by atoms with Crippen LogP contribution in [0.15, 0.2) is 27.1 Å². The van der Waals surface area contributed by atoms with E-state index in [0.717, 1.165) is 17.6 Å². The van der Waals surface area contributed by atoms with Crippen LogP contribution in [0, 0.1) is 5.92 Å². The molecule has 0 spiro atoms. The van der Waals surface area contributed by atoms with Crippen LogP contribution in [-0.4, -0.2) is 26.2 Å². The molecule has 1 heterocycles. The van der Waals surface area contributed by atoms with E-state index in [1.807, 2.05) is 0 Å². The highest BCUT2D eigenvalue weighted by molar-refractivity contribution is 9.11. The topological polar surface area (TPSA) is 15.3 Å². The van der Waals surface area contributed by atoms with Gasteiger partial charge in [0.25, 0.3) is 0 Å². The molecule has 0 saturated carbocycles. The molecule has 0 aliphatic carbocycles. The van der Waals surface area contributed by atoms with Gasteiger partial charge >= 0.3 is 0 Å². The lowest BCUT2D eigenvalue weighted by molar-refractivity contribution is 0.338. The highest BCUT2D eigenvalue weighted by atomic mass is 79.9. The molecule has 2 rings (SSSR count). The molecule has 2 unspecified atom stereocenters. The lowest BCUT2D eigenvalue weighted by atomic mass is 9.93. The number of benzene rings is 1. The molecule has 0 aromatic heterocycles. The summed E-state index contributed by atoms with van der Waals surface area (Å²) in [6, 6.07) is 7.01. The van der Waals surface area contributed by atoms with Gasteiger partial charge < -0.3 is 10.2 Å². The fraction of sp³-hybridized carbons (Fsp3) is 0.538. The second-order valence-electron chi connectivity index (χ2n) is 4.70. The van der Waals surface area contributed by atoms with Crippen molar-refractivity contribution in [3.8, 4) is 0 Å². The molecule has 4 heteroatoms. The van der Waals surface area contributed by atoms with Gasteiger partial charge in [0.2, 0.25) is 0 Å². The van der Waals surface area contributed by atoms with Crippen LogP contribution < -0.4 is 10.2 Å². The Morgan fingerprint density at radius 3 is 2.76 bits per heavy atom. The normalized spacial score (nSPS) is 25.1. The van der Waals surface area contributed by atoms with Gasteiger partial charge in [-0.1, -0.05) is 22.9 Å². The maximum absolute atomic E-state index is 3.64. The fourth-order valence-electron chi connectivity index (χ4n) is 2.52. The van der Waals surface area contributed by atoms with Crippen molar-refractivity contribution in [2.45, 2.75) is 19.4 Å². The average molecular weight is 362 g/mol. The number of hydrogen-bond acceptors (Lipinski definition) is 2. The van der Waals surface area contributed by atoms with Crippen LogP contribution in [0.4, 0.5) is 5.69 Å². The molecule has 1 fully saturated rings. The van der Waals surface area contributed by atoms with E-state index in [4.69, 9.17) is 0 Å². The van der Waals surface area contributed by atoms with E-state index in [9.17, 15) is 0 Å². The van der Waals surface area contributed by atoms with E-state index in [1.54, 1.807) is 0 Å². The summed E-state index contributed by atoms with van der Waals surface area (Å²) in [7, 11) is 2.06. The number of nitrogens with zero attached hydrogens (tertiary/aromatic N) is 1. The summed E-state index contributed by atoms with van der Waals surface area (Å²) in [6.45, 7) is 4.55. The SMILES string of the molecule is CNC1CCN(c2cc(Br)ccc2Br)CC1C. The number of nitrogens with one attached hydrogen (secondary N) is 1. The summed E-state index contributed by atoms with van der Waals surface area (Å²) in [4.78, 5) is 2.47. The van der Waals surface area contributed by atoms with Crippen molar-refractivity contribution < 1.29 is 0 Å². The minimum absolute atomic E-state index is 0.650. The summed E-state index contributed by atoms with van der Waals surface area (Å²) < 4.78 is 2.31. The third-order valence-corrected chi connectivity index (χ3v) is 4.69. The second kappa shape index (κ2) is 5.72. The van der Waals surface area contributed by atoms with Gasteiger partial charge in [0, 0.05) is 28.1 Å². The summed E-state index contributed by atoms with van der Waals surface area (Å²) in [6.07, 6.45) is 1.20. The molecule has 94 valence electrons. The first-order chi connectivity index (χ1) is 8.11. The van der Waals surface area contributed by atoms with E-state index in [1.165, 1.54) is 16.6 Å². The Morgan fingerprint density at radius 1 is 1.35 bits per heavy atom. The summed E-state index contributed by atoms with van der Waals surface area (Å²) in [5.74, 6) is 0.680. The highest BCUT2D eigenvalue weighted by Gasteiger charge is 2.25. The number of rotatable bonds is 2. The van der Waals surface area contributed by atoms with Crippen molar-refractivity contribution in [3.63, 3.8) is 0 Å². The zero-order valence-corrected chi connectivity index (χ0v) is 13.4. The third-order valence-electron chi connectivity index (χ3n) is 3.52. The molecule has 1 aliphatic heterocycles. The molecule has 0 bridgehead atoms. The molecule has 2 nitrogen and oxygen atoms in total. The minimum atomic E-state index is 0.650. The quantitative estimate of drug-likeness (QED) is 0.864. The predicted octanol–water partition coefficient (Wildman–Crippen LogP) is 3.65. The molecular weight excluding hydrogens is 344 g/mol. The Hall–Kier alpha value is -0.0600. The van der Waals surface area contributed by atoms with Gasteiger partial charge in [0.05, 0.1) is 5.69 Å². The Balaban J connectivity index is 2.16. The number of halogens is 2. The minimum Gasteiger partial charge on any atom is -0.370 e. The van der Waals surface area contributed by atoms with Crippen molar-refractivity contribution in [2.75, 3.05) is 25.0 Å². The van der Waals surface area contributed by atoms with Gasteiger partial charge in [0.15, 0.2) is 0 Å². The lowest BCUT2D eigenvalue weighted by Crippen LogP contribution is -2.47. The zero-order chi connectivity index (χ0) is 12.4. The molecule has 17 heavy (non-hydrogen) atoms. The monoisotopic (exact) mass is 360 g/mol. The Kier molecular flexibility index (Phi) is 4.50. The number of piperidine rings is 1. The first kappa shape index (κ1) is 13.4. The second-order valence-corrected chi connectivity index (χ2v) is 6.47. The van der Waals surface area contributed by atoms with Crippen LogP contribution in [0.3, 0.4) is 0 Å². The van der Waals surface area contributed by atoms with Crippen LogP contribution in [0.25, 0.3) is 0 Å². The molecule has 0 radical (unpaired) electrons. The third kappa shape index (κ3) is 3.04. The van der Waals surface area contributed by atoms with Crippen molar-refractivity contribution in [2.24, 2.45) is 5.92 Å². The Bertz CT molecular complexity index is 395. The fourth-order valence-corrected chi connectivity index (χ4v) is 3.37. The first-order valence-corrected chi connectivity index (χ1v) is 7.57. The Labute approximate surface area is 120 Å². The lowest BCUT2D eigenvalue weighted by Gasteiger charge is -2.38. The molecule has 1 saturated heterocycles. The molecule has 1 aromatic rings. The molecule has 1 aliphatic rings. The van der Waals surface area contributed by atoms with E-state index in [-0.39, 0.29) is 0 Å². The van der Waals surface area contributed by atoms with Gasteiger partial charge in [-0.05, 0) is 53.5 Å². The van der Waals surface area contributed by atoms with Crippen molar-refractivity contribution in [3.05, 3.63) is 27.1 Å². The van der Waals surface area contributed by atoms with Gasteiger partial charge in [-0.25, -0.2) is 0 Å². The molecule has 1 aromatic carbocycles. The standard InChI is InChI=1S/C13H18Br2N2/c1-9-8-17(6-5-12(9)16-2)13-7-10(14)3-4-11(13)15/h3-4,7,9,12,16H,5-6,8H2,1-2H3. The number of hydrogen-bond donors (Lipinski definition) is 1. The zero-order valence-electron chi connectivity index (χ0n) is 10.2. The molecule has 1 N–H and O–H groups in total. The van der Waals surface area contributed by atoms with Crippen LogP contribution >= 0.6 is 31.9 Å². The van der Waals surface area contributed by atoms with Crippen LogP contribution in [0.2, 0.25) is 0 Å². The van der Waals surface area contributed by atoms with Crippen molar-refractivity contribution >= 4 is 37.5 Å². The van der Waals surface area contributed by atoms with Gasteiger partial charge in [-0.2, -0.15) is 0 Å². The van der Waals surface area contributed by atoms with Crippen LogP contribution in [-0.2, 0) is 0 Å². The van der Waals surface area contributed by atoms with Gasteiger partial charge in [-0.3, -0.25) is 0 Å². The Morgan fingerprint density at radius 2 is 2.12 bits per heavy atom. The summed E-state index contributed by atoms with van der Waals surface area (Å²) in [5, 5.41) is 3.40. The predicted molar refractivity (Wildman–Crippen MR) is 80.7 cm³/mol. The van der Waals surface area contributed by atoms with Crippen LogP contribution in [0.5, 0.6) is 0 Å². The maximum atomic E-state index is 3.64. The summed E-state index contributed by atoms with van der Waals surface area (Å²) in [5.41, 5.74) is 1.29. The summed E-state index contributed by atoms with van der Waals surface area (Å²) >= 11 is 7.18. The van der Waals surface area contributed by atoms with E-state index >= 15 is 0 Å².